The predicted molar refractivity (Wildman–Crippen MR) is 92.0 cm³/mol. The van der Waals surface area contributed by atoms with Crippen molar-refractivity contribution in [2.75, 3.05) is 5.73 Å². The van der Waals surface area contributed by atoms with Crippen molar-refractivity contribution in [3.05, 3.63) is 34.3 Å². The number of nitrogen functional groups attached to an aromatic ring is 1. The van der Waals surface area contributed by atoms with Gasteiger partial charge in [-0.1, -0.05) is 12.2 Å². The molecule has 9 heteroatoms. The van der Waals surface area contributed by atoms with Crippen LogP contribution >= 0.6 is 12.4 Å². The van der Waals surface area contributed by atoms with Crippen molar-refractivity contribution in [1.82, 2.24) is 20.3 Å². The van der Waals surface area contributed by atoms with Crippen molar-refractivity contribution in [1.29, 1.82) is 0 Å². The minimum atomic E-state index is -0.570. The Balaban J connectivity index is 0.00000169. The average Bonchev–Trinajstić information content (AvgIpc) is 3.09. The van der Waals surface area contributed by atoms with Crippen molar-refractivity contribution in [3.8, 4) is 0 Å². The van der Waals surface area contributed by atoms with Gasteiger partial charge in [0.1, 0.15) is 17.9 Å². The highest BCUT2D eigenvalue weighted by Gasteiger charge is 2.46. The van der Waals surface area contributed by atoms with E-state index in [1.807, 2.05) is 26.0 Å². The number of halogens is 1. The molecule has 0 spiro atoms. The third-order valence-electron chi connectivity index (χ3n) is 4.20. The third-order valence-corrected chi connectivity index (χ3v) is 4.20. The molecule has 1 aliphatic heterocycles. The summed E-state index contributed by atoms with van der Waals surface area (Å²) in [6.07, 6.45) is 5.74. The van der Waals surface area contributed by atoms with Gasteiger partial charge in [-0.25, -0.2) is 0 Å². The lowest BCUT2D eigenvalue weighted by atomic mass is 10.1. The summed E-state index contributed by atoms with van der Waals surface area (Å²) in [5, 5.41) is 3.93. The molecule has 0 aromatic carbocycles. The van der Waals surface area contributed by atoms with Crippen LogP contribution in [0.1, 0.15) is 19.4 Å². The van der Waals surface area contributed by atoms with Crippen LogP contribution in [0.25, 0.3) is 11.0 Å². The van der Waals surface area contributed by atoms with Crippen LogP contribution in [0.3, 0.4) is 0 Å². The number of ether oxygens (including phenoxy) is 2. The van der Waals surface area contributed by atoms with E-state index >= 15 is 0 Å². The Morgan fingerprint density at radius 2 is 2.17 bits per heavy atom. The first-order chi connectivity index (χ1) is 10.9. The van der Waals surface area contributed by atoms with E-state index in [4.69, 9.17) is 15.2 Å². The van der Waals surface area contributed by atoms with Crippen molar-refractivity contribution in [3.63, 3.8) is 0 Å². The van der Waals surface area contributed by atoms with Crippen molar-refractivity contribution in [2.45, 2.75) is 44.4 Å². The number of nitrogens with one attached hydrogen (secondary N) is 3. The van der Waals surface area contributed by atoms with E-state index in [1.165, 1.54) is 0 Å². The molecule has 0 amide bonds. The maximum Gasteiger partial charge on any atom is 0.262 e. The van der Waals surface area contributed by atoms with Crippen molar-refractivity contribution >= 4 is 29.4 Å². The topological polar surface area (TPSA) is 118 Å². The Kier molecular flexibility index (Phi) is 4.16. The van der Waals surface area contributed by atoms with Gasteiger partial charge in [-0.15, -0.1) is 12.4 Å². The SMILES string of the molecule is CC1(C)O[C@H]2[C@H](NCc3c[nH]c4nc(N)[nH]c(=O)c34)C=C[C@H]2O1.Cl. The number of aromatic nitrogens is 3. The summed E-state index contributed by atoms with van der Waals surface area (Å²) in [6, 6.07) is 0.0348. The lowest BCUT2D eigenvalue weighted by Gasteiger charge is -2.21. The van der Waals surface area contributed by atoms with E-state index in [2.05, 4.69) is 20.3 Å². The fraction of sp³-hybridized carbons (Fsp3) is 0.467. The lowest BCUT2D eigenvalue weighted by molar-refractivity contribution is -0.145. The van der Waals surface area contributed by atoms with E-state index in [-0.39, 0.29) is 42.2 Å². The van der Waals surface area contributed by atoms with E-state index in [0.29, 0.717) is 17.6 Å². The second kappa shape index (κ2) is 5.89. The number of H-pyrrole nitrogens is 2. The summed E-state index contributed by atoms with van der Waals surface area (Å²) in [5.74, 6) is -0.469. The number of nitrogens with zero attached hydrogens (tertiary/aromatic N) is 1. The van der Waals surface area contributed by atoms with E-state index in [1.54, 1.807) is 6.20 Å². The monoisotopic (exact) mass is 353 g/mol. The minimum absolute atomic E-state index is 0. The quantitative estimate of drug-likeness (QED) is 0.606. The molecular weight excluding hydrogens is 334 g/mol. The number of hydrogen-bond acceptors (Lipinski definition) is 6. The highest BCUT2D eigenvalue weighted by Crippen LogP contribution is 2.34. The van der Waals surface area contributed by atoms with E-state index in [0.717, 1.165) is 5.56 Å². The highest BCUT2D eigenvalue weighted by atomic mass is 35.5. The van der Waals surface area contributed by atoms with Gasteiger partial charge in [0.2, 0.25) is 5.95 Å². The summed E-state index contributed by atoms with van der Waals surface area (Å²) in [6.45, 7) is 4.33. The Morgan fingerprint density at radius 3 is 2.96 bits per heavy atom. The Hall–Kier alpha value is -1.87. The zero-order valence-electron chi connectivity index (χ0n) is 13.3. The molecule has 1 saturated heterocycles. The molecule has 3 atom stereocenters. The normalized spacial score (nSPS) is 27.3. The maximum atomic E-state index is 12.1. The van der Waals surface area contributed by atoms with Crippen LogP contribution in [0.15, 0.2) is 23.1 Å². The smallest absolute Gasteiger partial charge is 0.262 e. The number of hydrogen-bond donors (Lipinski definition) is 4. The molecule has 2 aromatic heterocycles. The highest BCUT2D eigenvalue weighted by molar-refractivity contribution is 5.85. The molecule has 8 nitrogen and oxygen atoms in total. The van der Waals surface area contributed by atoms with E-state index < -0.39 is 5.79 Å². The summed E-state index contributed by atoms with van der Waals surface area (Å²) in [5.41, 5.74) is 6.63. The molecule has 24 heavy (non-hydrogen) atoms. The molecule has 5 N–H and O–H groups in total. The van der Waals surface area contributed by atoms with Gasteiger partial charge in [0.25, 0.3) is 5.56 Å². The molecule has 2 aromatic rings. The van der Waals surface area contributed by atoms with Crippen LogP contribution in [0.2, 0.25) is 0 Å². The Labute approximate surface area is 144 Å². The molecule has 0 unspecified atom stereocenters. The number of fused-ring (bicyclic) bond motifs is 2. The molecule has 4 rings (SSSR count). The molecule has 2 aliphatic rings. The first-order valence-corrected chi connectivity index (χ1v) is 7.56. The maximum absolute atomic E-state index is 12.1. The number of anilines is 1. The standard InChI is InChI=1S/C15H19N5O3.ClH/c1-15(2)22-9-4-3-8(11(9)23-15)17-5-7-6-18-12-10(7)13(21)20-14(16)19-12;/h3-4,6,8-9,11,17H,5H2,1-2H3,(H4,16,18,19,20,21);1H/t8-,9-,11+;/m1./s1. The van der Waals surface area contributed by atoms with Gasteiger partial charge in [0, 0.05) is 12.7 Å². The number of nitrogens with two attached hydrogens (primary N) is 1. The largest absolute Gasteiger partial charge is 0.369 e. The fourth-order valence-corrected chi connectivity index (χ4v) is 3.25. The number of aromatic amines is 2. The van der Waals surface area contributed by atoms with E-state index in [9.17, 15) is 4.79 Å². The fourth-order valence-electron chi connectivity index (χ4n) is 3.25. The Bertz CT molecular complexity index is 843. The van der Waals surface area contributed by atoms with Gasteiger partial charge >= 0.3 is 0 Å². The van der Waals surface area contributed by atoms with Gasteiger partial charge in [0.05, 0.1) is 11.4 Å². The summed E-state index contributed by atoms with van der Waals surface area (Å²) in [4.78, 5) is 21.7. The summed E-state index contributed by atoms with van der Waals surface area (Å²) >= 11 is 0. The second-order valence-corrected chi connectivity index (χ2v) is 6.35. The molecule has 1 fully saturated rings. The van der Waals surface area contributed by atoms with Crippen LogP contribution in [0.5, 0.6) is 0 Å². The molecule has 130 valence electrons. The molecule has 0 bridgehead atoms. The van der Waals surface area contributed by atoms with Gasteiger partial charge < -0.3 is 25.5 Å². The zero-order valence-corrected chi connectivity index (χ0v) is 14.1. The first kappa shape index (κ1) is 17.0. The number of rotatable bonds is 3. The lowest BCUT2D eigenvalue weighted by Crippen LogP contribution is -2.39. The second-order valence-electron chi connectivity index (χ2n) is 6.35. The van der Waals surface area contributed by atoms with Gasteiger partial charge in [-0.05, 0) is 19.4 Å². The van der Waals surface area contributed by atoms with Crippen molar-refractivity contribution in [2.24, 2.45) is 0 Å². The molecule has 1 aliphatic carbocycles. The average molecular weight is 354 g/mol. The van der Waals surface area contributed by atoms with Gasteiger partial charge in [-0.3, -0.25) is 9.78 Å². The van der Waals surface area contributed by atoms with Gasteiger partial charge in [0.15, 0.2) is 5.79 Å². The third kappa shape index (κ3) is 2.82. The minimum Gasteiger partial charge on any atom is -0.369 e. The summed E-state index contributed by atoms with van der Waals surface area (Å²) < 4.78 is 11.7. The van der Waals surface area contributed by atoms with Crippen LogP contribution in [-0.4, -0.2) is 39.0 Å². The predicted octanol–water partition coefficient (Wildman–Crippen LogP) is 0.803. The molecule has 3 heterocycles. The summed E-state index contributed by atoms with van der Waals surface area (Å²) in [7, 11) is 0. The molecule has 0 radical (unpaired) electrons. The van der Waals surface area contributed by atoms with Crippen molar-refractivity contribution < 1.29 is 9.47 Å². The molecule has 0 saturated carbocycles. The van der Waals surface area contributed by atoms with Crippen LogP contribution < -0.4 is 16.6 Å². The van der Waals surface area contributed by atoms with Crippen LogP contribution in [0, 0.1) is 0 Å². The van der Waals surface area contributed by atoms with Gasteiger partial charge in [-0.2, -0.15) is 4.98 Å². The van der Waals surface area contributed by atoms with Crippen LogP contribution in [-0.2, 0) is 16.0 Å². The Morgan fingerprint density at radius 1 is 1.38 bits per heavy atom. The molecular formula is C15H20ClN5O3. The zero-order chi connectivity index (χ0) is 16.2. The van der Waals surface area contributed by atoms with Crippen LogP contribution in [0.4, 0.5) is 5.95 Å². The first-order valence-electron chi connectivity index (χ1n) is 7.56.